The predicted molar refractivity (Wildman–Crippen MR) is 70.6 cm³/mol. The molecule has 0 atom stereocenters. The van der Waals surface area contributed by atoms with Gasteiger partial charge < -0.3 is 19.9 Å². The second kappa shape index (κ2) is 5.82. The maximum Gasteiger partial charge on any atom is 0.573 e. The molecule has 0 aliphatic heterocycles. The van der Waals surface area contributed by atoms with E-state index in [1.807, 2.05) is 0 Å². The fourth-order valence-corrected chi connectivity index (χ4v) is 1.65. The molecule has 2 N–H and O–H groups in total. The van der Waals surface area contributed by atoms with Gasteiger partial charge in [-0.25, -0.2) is 0 Å². The van der Waals surface area contributed by atoms with E-state index in [4.69, 9.17) is 15.2 Å². The number of benzene rings is 2. The van der Waals surface area contributed by atoms with Crippen molar-refractivity contribution in [1.82, 2.24) is 0 Å². The van der Waals surface area contributed by atoms with Crippen LogP contribution in [0.25, 0.3) is 0 Å². The van der Waals surface area contributed by atoms with E-state index in [1.165, 1.54) is 25.3 Å². The van der Waals surface area contributed by atoms with E-state index in [1.54, 1.807) is 18.2 Å². The second-order valence-electron chi connectivity index (χ2n) is 4.00. The first-order valence-corrected chi connectivity index (χ1v) is 5.85. The Balaban J connectivity index is 2.22. The van der Waals surface area contributed by atoms with Crippen LogP contribution < -0.4 is 19.9 Å². The molecule has 0 aliphatic rings. The Bertz CT molecular complexity index is 629. The van der Waals surface area contributed by atoms with Crippen molar-refractivity contribution < 1.29 is 27.4 Å². The average Bonchev–Trinajstić information content (AvgIpc) is 2.40. The van der Waals surface area contributed by atoms with Crippen molar-refractivity contribution in [2.75, 3.05) is 12.8 Å². The van der Waals surface area contributed by atoms with Crippen molar-refractivity contribution in [2.24, 2.45) is 0 Å². The quantitative estimate of drug-likeness (QED) is 0.868. The van der Waals surface area contributed by atoms with Gasteiger partial charge in [0.15, 0.2) is 5.75 Å². The highest BCUT2D eigenvalue weighted by Gasteiger charge is 2.31. The maximum absolute atomic E-state index is 12.2. The van der Waals surface area contributed by atoms with Gasteiger partial charge in [0.25, 0.3) is 0 Å². The standard InChI is InChI=1S/C14H12F3NO3/c1-19-11-6-3-7-12(13(11)18)20-9-4-2-5-10(8-9)21-14(15,16)17/h2-8H,18H2,1H3. The van der Waals surface area contributed by atoms with Gasteiger partial charge >= 0.3 is 6.36 Å². The molecule has 0 amide bonds. The molecule has 0 saturated carbocycles. The highest BCUT2D eigenvalue weighted by molar-refractivity contribution is 5.63. The van der Waals surface area contributed by atoms with Crippen LogP contribution >= 0.6 is 0 Å². The molecule has 2 aromatic rings. The van der Waals surface area contributed by atoms with Gasteiger partial charge in [0.1, 0.15) is 22.9 Å². The van der Waals surface area contributed by atoms with E-state index in [2.05, 4.69) is 4.74 Å². The molecule has 2 rings (SSSR count). The van der Waals surface area contributed by atoms with Gasteiger partial charge in [0.2, 0.25) is 0 Å². The van der Waals surface area contributed by atoms with Gasteiger partial charge in [-0.2, -0.15) is 0 Å². The fourth-order valence-electron chi connectivity index (χ4n) is 1.65. The summed E-state index contributed by atoms with van der Waals surface area (Å²) in [5.41, 5.74) is 6.07. The molecule has 21 heavy (non-hydrogen) atoms. The first kappa shape index (κ1) is 14.8. The van der Waals surface area contributed by atoms with Crippen LogP contribution in [0.4, 0.5) is 18.9 Å². The number of ether oxygens (including phenoxy) is 3. The third kappa shape index (κ3) is 3.95. The first-order chi connectivity index (χ1) is 9.89. The van der Waals surface area contributed by atoms with Crippen molar-refractivity contribution in [3.05, 3.63) is 42.5 Å². The molecular weight excluding hydrogens is 287 g/mol. The fraction of sp³-hybridized carbons (Fsp3) is 0.143. The zero-order valence-electron chi connectivity index (χ0n) is 11.0. The summed E-state index contributed by atoms with van der Waals surface area (Å²) in [6.07, 6.45) is -4.76. The average molecular weight is 299 g/mol. The predicted octanol–water partition coefficient (Wildman–Crippen LogP) is 3.97. The zero-order valence-corrected chi connectivity index (χ0v) is 11.0. The smallest absolute Gasteiger partial charge is 0.494 e. The van der Waals surface area contributed by atoms with E-state index >= 15 is 0 Å². The Labute approximate surface area is 118 Å². The molecule has 2 aromatic carbocycles. The molecule has 0 heterocycles. The summed E-state index contributed by atoms with van der Waals surface area (Å²) in [5, 5.41) is 0. The summed E-state index contributed by atoms with van der Waals surface area (Å²) < 4.78 is 50.8. The van der Waals surface area contributed by atoms with E-state index in [0.717, 1.165) is 6.07 Å². The van der Waals surface area contributed by atoms with Crippen molar-refractivity contribution in [2.45, 2.75) is 6.36 Å². The van der Waals surface area contributed by atoms with Crippen LogP contribution in [-0.2, 0) is 0 Å². The van der Waals surface area contributed by atoms with Gasteiger partial charge in [-0.3, -0.25) is 0 Å². The van der Waals surface area contributed by atoms with Crippen LogP contribution in [0.15, 0.2) is 42.5 Å². The number of nitrogen functional groups attached to an aromatic ring is 1. The maximum atomic E-state index is 12.2. The molecule has 0 aromatic heterocycles. The van der Waals surface area contributed by atoms with E-state index in [0.29, 0.717) is 5.75 Å². The lowest BCUT2D eigenvalue weighted by molar-refractivity contribution is -0.274. The number of para-hydroxylation sites is 1. The van der Waals surface area contributed by atoms with Crippen LogP contribution in [0.5, 0.6) is 23.0 Å². The molecule has 0 fully saturated rings. The number of halogens is 3. The molecule has 0 bridgehead atoms. The van der Waals surface area contributed by atoms with Crippen LogP contribution in [0.2, 0.25) is 0 Å². The molecule has 0 radical (unpaired) electrons. The van der Waals surface area contributed by atoms with Gasteiger partial charge in [-0.1, -0.05) is 12.1 Å². The van der Waals surface area contributed by atoms with E-state index < -0.39 is 6.36 Å². The van der Waals surface area contributed by atoms with E-state index in [-0.39, 0.29) is 22.9 Å². The molecule has 112 valence electrons. The van der Waals surface area contributed by atoms with E-state index in [9.17, 15) is 13.2 Å². The largest absolute Gasteiger partial charge is 0.573 e. The number of hydrogen-bond donors (Lipinski definition) is 1. The Morgan fingerprint density at radius 2 is 1.57 bits per heavy atom. The molecule has 0 spiro atoms. The lowest BCUT2D eigenvalue weighted by Crippen LogP contribution is -2.17. The van der Waals surface area contributed by atoms with Gasteiger partial charge in [0, 0.05) is 6.07 Å². The lowest BCUT2D eigenvalue weighted by Gasteiger charge is -2.13. The van der Waals surface area contributed by atoms with Gasteiger partial charge in [0.05, 0.1) is 7.11 Å². The summed E-state index contributed by atoms with van der Waals surface area (Å²) in [6.45, 7) is 0. The number of anilines is 1. The Hall–Kier alpha value is -2.57. The minimum Gasteiger partial charge on any atom is -0.494 e. The Morgan fingerprint density at radius 3 is 2.24 bits per heavy atom. The molecule has 4 nitrogen and oxygen atoms in total. The number of rotatable bonds is 4. The minimum absolute atomic E-state index is 0.164. The normalized spacial score (nSPS) is 11.0. The number of nitrogens with two attached hydrogens (primary N) is 1. The summed E-state index contributed by atoms with van der Waals surface area (Å²) in [4.78, 5) is 0. The van der Waals surface area contributed by atoms with Gasteiger partial charge in [-0.05, 0) is 24.3 Å². The molecular formula is C14H12F3NO3. The topological polar surface area (TPSA) is 53.7 Å². The summed E-state index contributed by atoms with van der Waals surface area (Å²) in [7, 11) is 1.45. The van der Waals surface area contributed by atoms with Crippen molar-refractivity contribution in [3.8, 4) is 23.0 Å². The summed E-state index contributed by atoms with van der Waals surface area (Å²) >= 11 is 0. The first-order valence-electron chi connectivity index (χ1n) is 5.85. The van der Waals surface area contributed by atoms with Crippen molar-refractivity contribution in [3.63, 3.8) is 0 Å². The summed E-state index contributed by atoms with van der Waals surface area (Å²) in [5.74, 6) is 0.479. The molecule has 7 heteroatoms. The summed E-state index contributed by atoms with van der Waals surface area (Å²) in [6, 6.07) is 10.0. The molecule has 0 saturated heterocycles. The van der Waals surface area contributed by atoms with Crippen molar-refractivity contribution in [1.29, 1.82) is 0 Å². The van der Waals surface area contributed by atoms with Gasteiger partial charge in [-0.15, -0.1) is 13.2 Å². The molecule has 0 aliphatic carbocycles. The number of methoxy groups -OCH3 is 1. The van der Waals surface area contributed by atoms with Crippen LogP contribution in [0.1, 0.15) is 0 Å². The van der Waals surface area contributed by atoms with Crippen LogP contribution in [-0.4, -0.2) is 13.5 Å². The Kier molecular flexibility index (Phi) is 4.11. The highest BCUT2D eigenvalue weighted by Crippen LogP contribution is 2.35. The Morgan fingerprint density at radius 1 is 0.952 bits per heavy atom. The SMILES string of the molecule is COc1cccc(Oc2cccc(OC(F)(F)F)c2)c1N. The number of alkyl halides is 3. The van der Waals surface area contributed by atoms with Crippen LogP contribution in [0, 0.1) is 0 Å². The minimum atomic E-state index is -4.76. The van der Waals surface area contributed by atoms with Crippen LogP contribution in [0.3, 0.4) is 0 Å². The second-order valence-corrected chi connectivity index (χ2v) is 4.00. The van der Waals surface area contributed by atoms with Crippen molar-refractivity contribution >= 4 is 5.69 Å². The zero-order chi connectivity index (χ0) is 15.5. The lowest BCUT2D eigenvalue weighted by atomic mass is 10.2. The number of hydrogen-bond acceptors (Lipinski definition) is 4. The highest BCUT2D eigenvalue weighted by atomic mass is 19.4. The third-order valence-electron chi connectivity index (χ3n) is 2.51. The molecule has 0 unspecified atom stereocenters. The third-order valence-corrected chi connectivity index (χ3v) is 2.51. The monoisotopic (exact) mass is 299 g/mol.